The second kappa shape index (κ2) is 5.54. The van der Waals surface area contributed by atoms with E-state index in [9.17, 15) is 0 Å². The van der Waals surface area contributed by atoms with Crippen molar-refractivity contribution < 1.29 is 17.5 Å². The molecule has 0 aliphatic carbocycles. The summed E-state index contributed by atoms with van der Waals surface area (Å²) in [5, 5.41) is 0. The monoisotopic (exact) mass is 249 g/mol. The highest BCUT2D eigenvalue weighted by Gasteiger charge is 1.97. The molecule has 1 aromatic carbocycles. The van der Waals surface area contributed by atoms with Gasteiger partial charge in [0.1, 0.15) is 0 Å². The second-order valence-electron chi connectivity index (χ2n) is 3.16. The fourth-order valence-electron chi connectivity index (χ4n) is 0.840. The Morgan fingerprint density at radius 2 is 1.56 bits per heavy atom. The first-order valence-corrected chi connectivity index (χ1v) is 5.53. The largest absolute Gasteiger partial charge is 0.397 e. The van der Waals surface area contributed by atoms with Crippen LogP contribution in [-0.4, -0.2) is 31.6 Å². The second-order valence-corrected chi connectivity index (χ2v) is 4.05. The molecule has 0 amide bonds. The average Bonchev–Trinajstić information content (AvgIpc) is 2.06. The highest BCUT2D eigenvalue weighted by Crippen LogP contribution is 2.20. The zero-order valence-corrected chi connectivity index (χ0v) is 9.77. The Labute approximate surface area is 94.2 Å². The molecule has 0 aliphatic rings. The fraction of sp³-hybridized carbons (Fsp3) is 0.250. The van der Waals surface area contributed by atoms with Crippen molar-refractivity contribution in [2.24, 2.45) is 0 Å². The predicted octanol–water partition coefficient (Wildman–Crippen LogP) is 0.264. The van der Waals surface area contributed by atoms with E-state index in [0.29, 0.717) is 11.4 Å². The van der Waals surface area contributed by atoms with Gasteiger partial charge in [-0.05, 0) is 18.2 Å². The number of nitrogens with two attached hydrogens (primary N) is 2. The van der Waals surface area contributed by atoms with Crippen molar-refractivity contribution in [3.63, 3.8) is 0 Å². The topological polar surface area (TPSA) is 130 Å². The zero-order chi connectivity index (χ0) is 12.9. The molecule has 0 saturated carbocycles. The van der Waals surface area contributed by atoms with Crippen LogP contribution >= 0.6 is 0 Å². The van der Waals surface area contributed by atoms with Crippen LogP contribution in [0.25, 0.3) is 0 Å². The molecule has 0 unspecified atom stereocenters. The average molecular weight is 249 g/mol. The van der Waals surface area contributed by atoms with Crippen LogP contribution in [0.2, 0.25) is 0 Å². The minimum absolute atomic E-state index is 0.635. The third-order valence-corrected chi connectivity index (χ3v) is 1.59. The number of nitrogens with zero attached hydrogens (tertiary/aromatic N) is 1. The van der Waals surface area contributed by atoms with Gasteiger partial charge < -0.3 is 16.4 Å². The van der Waals surface area contributed by atoms with Gasteiger partial charge in [-0.25, -0.2) is 0 Å². The van der Waals surface area contributed by atoms with Crippen molar-refractivity contribution in [1.82, 2.24) is 0 Å². The van der Waals surface area contributed by atoms with Crippen LogP contribution in [0.4, 0.5) is 17.1 Å². The van der Waals surface area contributed by atoms with Gasteiger partial charge in [0, 0.05) is 19.8 Å². The maximum Gasteiger partial charge on any atom is 0.394 e. The normalized spacial score (nSPS) is 10.2. The van der Waals surface area contributed by atoms with Crippen LogP contribution in [0.3, 0.4) is 0 Å². The molecular formula is C8H15N3O4S. The molecule has 0 aliphatic heterocycles. The number of anilines is 3. The summed E-state index contributed by atoms with van der Waals surface area (Å²) in [5.74, 6) is 0. The van der Waals surface area contributed by atoms with Gasteiger partial charge in [-0.15, -0.1) is 0 Å². The number of benzene rings is 1. The quantitative estimate of drug-likeness (QED) is 0.415. The highest BCUT2D eigenvalue weighted by atomic mass is 32.3. The Hall–Kier alpha value is -1.51. The Morgan fingerprint density at radius 1 is 1.12 bits per heavy atom. The summed E-state index contributed by atoms with van der Waals surface area (Å²) in [6.07, 6.45) is 0. The van der Waals surface area contributed by atoms with Crippen LogP contribution in [0.1, 0.15) is 0 Å². The number of hydrogen-bond acceptors (Lipinski definition) is 5. The summed E-state index contributed by atoms with van der Waals surface area (Å²) >= 11 is 0. The lowest BCUT2D eigenvalue weighted by Gasteiger charge is -2.13. The Balaban J connectivity index is 0.000000385. The van der Waals surface area contributed by atoms with E-state index in [1.165, 1.54) is 0 Å². The number of hydrogen-bond donors (Lipinski definition) is 4. The van der Waals surface area contributed by atoms with E-state index in [-0.39, 0.29) is 0 Å². The maximum atomic E-state index is 8.74. The standard InChI is InChI=1S/C8H13N3.H2O4S/c1-11(2)6-3-4-7(9)8(10)5-6;1-5(2,3)4/h3-5H,9-10H2,1-2H3;(H2,1,2,3,4). The summed E-state index contributed by atoms with van der Waals surface area (Å²) in [6, 6.07) is 5.60. The van der Waals surface area contributed by atoms with Crippen molar-refractivity contribution in [3.05, 3.63) is 18.2 Å². The molecule has 6 N–H and O–H groups in total. The molecule has 0 fully saturated rings. The van der Waals surface area contributed by atoms with Gasteiger partial charge in [-0.2, -0.15) is 8.42 Å². The van der Waals surface area contributed by atoms with Crippen LogP contribution in [0.5, 0.6) is 0 Å². The van der Waals surface area contributed by atoms with Crippen molar-refractivity contribution in [2.75, 3.05) is 30.5 Å². The molecule has 0 saturated heterocycles. The van der Waals surface area contributed by atoms with E-state index < -0.39 is 10.4 Å². The maximum absolute atomic E-state index is 8.74. The minimum atomic E-state index is -4.67. The van der Waals surface area contributed by atoms with E-state index in [1.54, 1.807) is 0 Å². The first-order chi connectivity index (χ1) is 7.11. The Kier molecular flexibility index (Phi) is 5.02. The van der Waals surface area contributed by atoms with E-state index >= 15 is 0 Å². The summed E-state index contributed by atoms with van der Waals surface area (Å²) in [6.45, 7) is 0. The highest BCUT2D eigenvalue weighted by molar-refractivity contribution is 7.79. The van der Waals surface area contributed by atoms with Crippen LogP contribution in [0.15, 0.2) is 18.2 Å². The minimum Gasteiger partial charge on any atom is -0.397 e. The van der Waals surface area contributed by atoms with E-state index in [1.807, 2.05) is 37.2 Å². The third kappa shape index (κ3) is 6.87. The summed E-state index contributed by atoms with van der Waals surface area (Å²) in [7, 11) is -0.740. The molecule has 0 aromatic heterocycles. The van der Waals surface area contributed by atoms with Gasteiger partial charge in [0.2, 0.25) is 0 Å². The molecule has 0 atom stereocenters. The van der Waals surface area contributed by atoms with Crippen molar-refractivity contribution in [3.8, 4) is 0 Å². The van der Waals surface area contributed by atoms with Gasteiger partial charge in [-0.1, -0.05) is 0 Å². The third-order valence-electron chi connectivity index (χ3n) is 1.59. The zero-order valence-electron chi connectivity index (χ0n) is 8.95. The van der Waals surface area contributed by atoms with Crippen LogP contribution in [-0.2, 0) is 10.4 Å². The lowest BCUT2D eigenvalue weighted by molar-refractivity contribution is 0.381. The number of rotatable bonds is 1. The molecule has 0 bridgehead atoms. The predicted molar refractivity (Wildman–Crippen MR) is 63.8 cm³/mol. The van der Waals surface area contributed by atoms with Crippen molar-refractivity contribution in [1.29, 1.82) is 0 Å². The first-order valence-electron chi connectivity index (χ1n) is 4.13. The SMILES string of the molecule is CN(C)c1ccc(N)c(N)c1.O=S(=O)(O)O. The molecular weight excluding hydrogens is 234 g/mol. The molecule has 8 heteroatoms. The summed E-state index contributed by atoms with van der Waals surface area (Å²) in [4.78, 5) is 1.98. The fourth-order valence-corrected chi connectivity index (χ4v) is 0.840. The molecule has 1 aromatic rings. The van der Waals surface area contributed by atoms with Gasteiger partial charge in [-0.3, -0.25) is 9.11 Å². The Bertz CT molecular complexity index is 437. The van der Waals surface area contributed by atoms with E-state index in [2.05, 4.69) is 0 Å². The van der Waals surface area contributed by atoms with Crippen LogP contribution in [0, 0.1) is 0 Å². The molecule has 0 radical (unpaired) electrons. The smallest absolute Gasteiger partial charge is 0.394 e. The number of nitrogen functional groups attached to an aromatic ring is 2. The summed E-state index contributed by atoms with van der Waals surface area (Å²) in [5.41, 5.74) is 13.5. The summed E-state index contributed by atoms with van der Waals surface area (Å²) < 4.78 is 31.6. The molecule has 16 heavy (non-hydrogen) atoms. The molecule has 92 valence electrons. The van der Waals surface area contributed by atoms with Crippen molar-refractivity contribution >= 4 is 27.5 Å². The lowest BCUT2D eigenvalue weighted by atomic mass is 10.2. The lowest BCUT2D eigenvalue weighted by Crippen LogP contribution is -2.09. The van der Waals surface area contributed by atoms with E-state index in [4.69, 9.17) is 29.0 Å². The van der Waals surface area contributed by atoms with E-state index in [0.717, 1.165) is 5.69 Å². The van der Waals surface area contributed by atoms with Crippen LogP contribution < -0.4 is 16.4 Å². The van der Waals surface area contributed by atoms with Crippen molar-refractivity contribution in [2.45, 2.75) is 0 Å². The van der Waals surface area contributed by atoms with Gasteiger partial charge in [0.15, 0.2) is 0 Å². The molecule has 0 spiro atoms. The first kappa shape index (κ1) is 14.5. The molecule has 0 heterocycles. The van der Waals surface area contributed by atoms with Gasteiger partial charge in [0.25, 0.3) is 0 Å². The van der Waals surface area contributed by atoms with Gasteiger partial charge >= 0.3 is 10.4 Å². The Morgan fingerprint density at radius 3 is 1.88 bits per heavy atom. The van der Waals surface area contributed by atoms with Gasteiger partial charge in [0.05, 0.1) is 11.4 Å². The molecule has 7 nitrogen and oxygen atoms in total. The molecule has 1 rings (SSSR count).